The van der Waals surface area contributed by atoms with Gasteiger partial charge in [-0.05, 0) is 37.0 Å². The maximum Gasteiger partial charge on any atom is 0.236 e. The first-order valence-electron chi connectivity index (χ1n) is 10.3. The number of guanidine groups is 1. The number of nitrogens with one attached hydrogen (secondary N) is 2. The highest BCUT2D eigenvalue weighted by Crippen LogP contribution is 2.29. The highest BCUT2D eigenvalue weighted by molar-refractivity contribution is 7.92. The van der Waals surface area contributed by atoms with Crippen LogP contribution in [0.1, 0.15) is 30.6 Å². The van der Waals surface area contributed by atoms with E-state index in [1.807, 2.05) is 61.5 Å². The zero-order valence-corrected chi connectivity index (χ0v) is 18.1. The summed E-state index contributed by atoms with van der Waals surface area (Å²) in [6.07, 6.45) is 0.661. The first kappa shape index (κ1) is 22.1. The number of nitrogens with zero attached hydrogens (tertiary/aromatic N) is 2. The number of para-hydroxylation sites is 1. The third-order valence-electron chi connectivity index (χ3n) is 5.03. The fourth-order valence-electron chi connectivity index (χ4n) is 3.49. The molecule has 8 heteroatoms. The molecule has 1 aliphatic heterocycles. The van der Waals surface area contributed by atoms with Gasteiger partial charge in [0.15, 0.2) is 5.96 Å². The number of rotatable bonds is 9. The fourth-order valence-corrected chi connectivity index (χ4v) is 4.92. The summed E-state index contributed by atoms with van der Waals surface area (Å²) >= 11 is 0. The summed E-state index contributed by atoms with van der Waals surface area (Å²) in [6, 6.07) is 17.1. The number of aliphatic imine (C=N–C) groups is 1. The first-order valence-corrected chi connectivity index (χ1v) is 12.0. The van der Waals surface area contributed by atoms with E-state index < -0.39 is 16.1 Å². The molecule has 0 saturated carbocycles. The molecule has 3 N–H and O–H groups in total. The zero-order chi connectivity index (χ0) is 21.4. The molecule has 1 unspecified atom stereocenters. The van der Waals surface area contributed by atoms with Crippen LogP contribution in [-0.4, -0.2) is 51.4 Å². The smallest absolute Gasteiger partial charge is 0.236 e. The van der Waals surface area contributed by atoms with Crippen LogP contribution < -0.4 is 14.9 Å². The Bertz CT molecular complexity index is 948. The normalized spacial score (nSPS) is 15.0. The van der Waals surface area contributed by atoms with Crippen LogP contribution in [0.15, 0.2) is 59.6 Å². The molecule has 0 radical (unpaired) electrons. The van der Waals surface area contributed by atoms with Crippen molar-refractivity contribution >= 4 is 21.7 Å². The average Bonchev–Trinajstić information content (AvgIpc) is 3.19. The maximum atomic E-state index is 12.8. The third kappa shape index (κ3) is 5.73. The van der Waals surface area contributed by atoms with Gasteiger partial charge in [0.05, 0.1) is 17.5 Å². The van der Waals surface area contributed by atoms with E-state index in [0.29, 0.717) is 32.0 Å². The van der Waals surface area contributed by atoms with Gasteiger partial charge < -0.3 is 15.7 Å². The van der Waals surface area contributed by atoms with Crippen LogP contribution in [-0.2, 0) is 16.4 Å². The van der Waals surface area contributed by atoms with Gasteiger partial charge >= 0.3 is 0 Å². The summed E-state index contributed by atoms with van der Waals surface area (Å²) in [6.45, 7) is 3.80. The van der Waals surface area contributed by atoms with E-state index in [2.05, 4.69) is 15.6 Å². The van der Waals surface area contributed by atoms with Crippen molar-refractivity contribution in [2.24, 2.45) is 4.99 Å². The van der Waals surface area contributed by atoms with Crippen molar-refractivity contribution in [3.8, 4) is 0 Å². The molecule has 0 spiro atoms. The lowest BCUT2D eigenvalue weighted by Gasteiger charge is -2.20. The van der Waals surface area contributed by atoms with E-state index in [4.69, 9.17) is 0 Å². The van der Waals surface area contributed by atoms with Gasteiger partial charge in [-0.15, -0.1) is 0 Å². The van der Waals surface area contributed by atoms with Gasteiger partial charge in [0.1, 0.15) is 0 Å². The van der Waals surface area contributed by atoms with Crippen molar-refractivity contribution in [1.82, 2.24) is 10.6 Å². The van der Waals surface area contributed by atoms with Crippen LogP contribution >= 0.6 is 0 Å². The molecule has 2 aromatic rings. The lowest BCUT2D eigenvalue weighted by Crippen LogP contribution is -2.42. The van der Waals surface area contributed by atoms with Gasteiger partial charge in [-0.25, -0.2) is 8.42 Å². The Hall–Kier alpha value is -2.58. The van der Waals surface area contributed by atoms with Crippen LogP contribution in [0.3, 0.4) is 0 Å². The molecular weight excluding hydrogens is 400 g/mol. The predicted octanol–water partition coefficient (Wildman–Crippen LogP) is 2.06. The Labute approximate surface area is 178 Å². The largest absolute Gasteiger partial charge is 0.388 e. The minimum atomic E-state index is -3.41. The monoisotopic (exact) mass is 430 g/mol. The number of hydrogen-bond donors (Lipinski definition) is 3. The molecule has 0 aromatic heterocycles. The molecule has 0 bridgehead atoms. The number of anilines is 1. The van der Waals surface area contributed by atoms with Crippen molar-refractivity contribution in [2.45, 2.75) is 25.9 Å². The highest BCUT2D eigenvalue weighted by atomic mass is 32.2. The summed E-state index contributed by atoms with van der Waals surface area (Å²) in [5.74, 6) is 0.535. The van der Waals surface area contributed by atoms with Gasteiger partial charge in [0, 0.05) is 26.2 Å². The summed E-state index contributed by atoms with van der Waals surface area (Å²) in [7, 11) is -3.41. The lowest BCUT2D eigenvalue weighted by atomic mass is 10.1. The Morgan fingerprint density at radius 1 is 1.13 bits per heavy atom. The molecule has 0 aliphatic carbocycles. The zero-order valence-electron chi connectivity index (χ0n) is 17.3. The van der Waals surface area contributed by atoms with E-state index in [1.54, 1.807) is 0 Å². The molecule has 2 aromatic carbocycles. The third-order valence-corrected chi connectivity index (χ3v) is 6.80. The van der Waals surface area contributed by atoms with Crippen LogP contribution in [0, 0.1) is 0 Å². The Kier molecular flexibility index (Phi) is 7.70. The Balaban J connectivity index is 1.51. The second-order valence-corrected chi connectivity index (χ2v) is 9.18. The number of hydrogen-bond acceptors (Lipinski definition) is 4. The number of fused-ring (bicyclic) bond motifs is 1. The molecular formula is C22H30N4O3S. The van der Waals surface area contributed by atoms with E-state index in [9.17, 15) is 13.5 Å². The van der Waals surface area contributed by atoms with Gasteiger partial charge in [0.2, 0.25) is 10.0 Å². The van der Waals surface area contributed by atoms with Gasteiger partial charge in [0.25, 0.3) is 0 Å². The molecule has 7 nitrogen and oxygen atoms in total. The van der Waals surface area contributed by atoms with Gasteiger partial charge in [-0.2, -0.15) is 0 Å². The van der Waals surface area contributed by atoms with Crippen molar-refractivity contribution in [2.75, 3.05) is 36.2 Å². The molecule has 30 heavy (non-hydrogen) atoms. The minimum absolute atomic E-state index is 0.0155. The number of benzene rings is 2. The van der Waals surface area contributed by atoms with Crippen LogP contribution in [0.25, 0.3) is 0 Å². The second kappa shape index (κ2) is 10.4. The van der Waals surface area contributed by atoms with E-state index in [1.165, 1.54) is 4.31 Å². The Morgan fingerprint density at radius 3 is 2.63 bits per heavy atom. The van der Waals surface area contributed by atoms with Gasteiger partial charge in [-0.3, -0.25) is 9.30 Å². The van der Waals surface area contributed by atoms with E-state index in [-0.39, 0.29) is 12.3 Å². The van der Waals surface area contributed by atoms with E-state index in [0.717, 1.165) is 23.2 Å². The minimum Gasteiger partial charge on any atom is -0.388 e. The first-order chi connectivity index (χ1) is 14.5. The van der Waals surface area contributed by atoms with Gasteiger partial charge in [-0.1, -0.05) is 48.5 Å². The summed E-state index contributed by atoms with van der Waals surface area (Å²) in [5.41, 5.74) is 2.72. The molecule has 1 heterocycles. The SMILES string of the molecule is CCNC(=NCCC(O)c1ccccc1)NCCS(=O)(=O)N1CCc2ccccc21. The number of aliphatic hydroxyl groups excluding tert-OH is 1. The molecule has 0 amide bonds. The molecule has 0 fully saturated rings. The average molecular weight is 431 g/mol. The molecule has 1 aliphatic rings. The maximum absolute atomic E-state index is 12.8. The van der Waals surface area contributed by atoms with Crippen molar-refractivity contribution in [3.63, 3.8) is 0 Å². The quantitative estimate of drug-likeness (QED) is 0.418. The standard InChI is InChI=1S/C22H30N4O3S/c1-2-23-22(24-14-12-21(27)19-9-4-3-5-10-19)25-15-17-30(28,29)26-16-13-18-8-6-7-11-20(18)26/h3-11,21,27H,2,12-17H2,1H3,(H2,23,24,25). The fraction of sp³-hybridized carbons (Fsp3) is 0.409. The van der Waals surface area contributed by atoms with Crippen molar-refractivity contribution < 1.29 is 13.5 Å². The topological polar surface area (TPSA) is 94.0 Å². The van der Waals surface area contributed by atoms with Crippen molar-refractivity contribution in [3.05, 3.63) is 65.7 Å². The molecule has 0 saturated heterocycles. The van der Waals surface area contributed by atoms with Crippen LogP contribution in [0.4, 0.5) is 5.69 Å². The molecule has 3 rings (SSSR count). The summed E-state index contributed by atoms with van der Waals surface area (Å²) in [5, 5.41) is 16.5. The number of sulfonamides is 1. The number of aliphatic hydroxyl groups is 1. The van der Waals surface area contributed by atoms with Crippen LogP contribution in [0.5, 0.6) is 0 Å². The Morgan fingerprint density at radius 2 is 1.87 bits per heavy atom. The van der Waals surface area contributed by atoms with Crippen LogP contribution in [0.2, 0.25) is 0 Å². The summed E-state index contributed by atoms with van der Waals surface area (Å²) < 4.78 is 27.1. The second-order valence-electron chi connectivity index (χ2n) is 7.17. The van der Waals surface area contributed by atoms with E-state index >= 15 is 0 Å². The molecule has 162 valence electrons. The highest BCUT2D eigenvalue weighted by Gasteiger charge is 2.28. The molecule has 1 atom stereocenters. The van der Waals surface area contributed by atoms with Crippen molar-refractivity contribution in [1.29, 1.82) is 0 Å². The summed E-state index contributed by atoms with van der Waals surface area (Å²) in [4.78, 5) is 4.46. The predicted molar refractivity (Wildman–Crippen MR) is 121 cm³/mol. The lowest BCUT2D eigenvalue weighted by molar-refractivity contribution is 0.170.